The number of nitrogens with one attached hydrogen (secondary N) is 3. The average molecular weight is 468 g/mol. The van der Waals surface area contributed by atoms with Gasteiger partial charge in [0.25, 0.3) is 5.91 Å². The minimum Gasteiger partial charge on any atom is -0.336 e. The van der Waals surface area contributed by atoms with E-state index >= 15 is 0 Å². The smallest absolute Gasteiger partial charge is 0.253 e. The highest BCUT2D eigenvalue weighted by atomic mass is 16.2. The maximum absolute atomic E-state index is 12.6. The van der Waals surface area contributed by atoms with Gasteiger partial charge in [-0.05, 0) is 55.5 Å². The molecule has 4 heterocycles. The summed E-state index contributed by atoms with van der Waals surface area (Å²) in [4.78, 5) is 36.7. The number of hydrogen-bond donors (Lipinski definition) is 3. The van der Waals surface area contributed by atoms with E-state index in [9.17, 15) is 4.79 Å². The molecule has 0 radical (unpaired) electrons. The van der Waals surface area contributed by atoms with Crippen molar-refractivity contribution >= 4 is 29.2 Å². The summed E-state index contributed by atoms with van der Waals surface area (Å²) >= 11 is 0. The molecule has 3 N–H and O–H groups in total. The van der Waals surface area contributed by atoms with Gasteiger partial charge in [-0.1, -0.05) is 6.07 Å². The minimum absolute atomic E-state index is 0.0468. The summed E-state index contributed by atoms with van der Waals surface area (Å²) in [5.74, 6) is 2.17. The Morgan fingerprint density at radius 3 is 2.37 bits per heavy atom. The van der Waals surface area contributed by atoms with Gasteiger partial charge in [0.05, 0.1) is 0 Å². The third-order valence-corrected chi connectivity index (χ3v) is 5.48. The lowest BCUT2D eigenvalue weighted by Gasteiger charge is -2.27. The first-order chi connectivity index (χ1) is 17.1. The van der Waals surface area contributed by atoms with Gasteiger partial charge in [0, 0.05) is 55.5 Å². The molecule has 1 aromatic carbocycles. The Kier molecular flexibility index (Phi) is 6.53. The maximum atomic E-state index is 12.6. The molecular weight excluding hydrogens is 442 g/mol. The van der Waals surface area contributed by atoms with Crippen molar-refractivity contribution in [1.82, 2.24) is 35.1 Å². The Morgan fingerprint density at radius 2 is 1.60 bits per heavy atom. The van der Waals surface area contributed by atoms with Gasteiger partial charge in [-0.15, -0.1) is 0 Å². The zero-order valence-electron chi connectivity index (χ0n) is 19.3. The topological polar surface area (TPSA) is 121 Å². The molecule has 0 aliphatic carbocycles. The predicted molar refractivity (Wildman–Crippen MR) is 134 cm³/mol. The number of carbonyl (C=O) groups is 1. The number of piperazine rings is 1. The second-order valence-corrected chi connectivity index (χ2v) is 8.06. The van der Waals surface area contributed by atoms with E-state index in [2.05, 4.69) is 40.9 Å². The molecule has 3 aromatic heterocycles. The Morgan fingerprint density at radius 1 is 0.857 bits per heavy atom. The first-order valence-electron chi connectivity index (χ1n) is 11.4. The van der Waals surface area contributed by atoms with Crippen LogP contribution in [-0.2, 0) is 0 Å². The van der Waals surface area contributed by atoms with Crippen molar-refractivity contribution in [2.75, 3.05) is 36.8 Å². The molecule has 0 unspecified atom stereocenters. The number of aromatic nitrogens is 5. The van der Waals surface area contributed by atoms with E-state index in [1.54, 1.807) is 24.5 Å². The molecule has 10 nitrogen and oxygen atoms in total. The zero-order valence-corrected chi connectivity index (χ0v) is 19.3. The number of hydrogen-bond acceptors (Lipinski definition) is 9. The molecule has 1 amide bonds. The number of amides is 1. The monoisotopic (exact) mass is 467 g/mol. The highest BCUT2D eigenvalue weighted by Crippen LogP contribution is 2.19. The van der Waals surface area contributed by atoms with Crippen molar-refractivity contribution in [3.05, 3.63) is 78.2 Å². The molecule has 4 aromatic rings. The van der Waals surface area contributed by atoms with Crippen molar-refractivity contribution in [1.29, 1.82) is 0 Å². The molecule has 10 heteroatoms. The Labute approximate surface area is 202 Å². The van der Waals surface area contributed by atoms with E-state index in [4.69, 9.17) is 0 Å². The fourth-order valence-electron chi connectivity index (χ4n) is 3.71. The molecule has 0 spiro atoms. The number of aryl methyl sites for hydroxylation is 1. The van der Waals surface area contributed by atoms with E-state index in [1.165, 1.54) is 0 Å². The summed E-state index contributed by atoms with van der Waals surface area (Å²) in [7, 11) is 0. The molecule has 35 heavy (non-hydrogen) atoms. The SMILES string of the molecule is Cc1cccc(-c2nccc(Nc3ccnc(Nc4ccc(C(=O)N5CCNCC5)cc4)n3)n2)n1. The molecule has 1 saturated heterocycles. The van der Waals surface area contributed by atoms with E-state index in [0.717, 1.165) is 37.6 Å². The van der Waals surface area contributed by atoms with Gasteiger partial charge >= 0.3 is 0 Å². The fourth-order valence-corrected chi connectivity index (χ4v) is 3.71. The van der Waals surface area contributed by atoms with Crippen LogP contribution in [0.4, 0.5) is 23.3 Å². The standard InChI is InChI=1S/C25H25N9O/c1-17-3-2-4-20(29-17)23-27-11-9-21(32-23)31-22-10-12-28-25(33-22)30-19-7-5-18(6-8-19)24(35)34-15-13-26-14-16-34/h2-12,26H,13-16H2,1H3,(H2,27,28,30,31,32,33). The quantitative estimate of drug-likeness (QED) is 0.393. The van der Waals surface area contributed by atoms with Crippen LogP contribution in [0.5, 0.6) is 0 Å². The lowest BCUT2D eigenvalue weighted by molar-refractivity contribution is 0.0736. The molecule has 0 atom stereocenters. The molecule has 1 fully saturated rings. The van der Waals surface area contributed by atoms with Crippen molar-refractivity contribution < 1.29 is 4.79 Å². The van der Waals surface area contributed by atoms with Crippen LogP contribution < -0.4 is 16.0 Å². The molecule has 5 rings (SSSR count). The number of nitrogens with zero attached hydrogens (tertiary/aromatic N) is 6. The summed E-state index contributed by atoms with van der Waals surface area (Å²) in [6, 6.07) is 16.6. The first-order valence-corrected chi connectivity index (χ1v) is 11.4. The maximum Gasteiger partial charge on any atom is 0.253 e. The van der Waals surface area contributed by atoms with Gasteiger partial charge in [0.2, 0.25) is 5.95 Å². The van der Waals surface area contributed by atoms with Crippen LogP contribution in [0, 0.1) is 6.92 Å². The molecular formula is C25H25N9O. The average Bonchev–Trinajstić information content (AvgIpc) is 2.90. The summed E-state index contributed by atoms with van der Waals surface area (Å²) < 4.78 is 0. The summed E-state index contributed by atoms with van der Waals surface area (Å²) in [6.07, 6.45) is 3.34. The molecule has 176 valence electrons. The Balaban J connectivity index is 1.26. The number of rotatable bonds is 6. The van der Waals surface area contributed by atoms with Gasteiger partial charge < -0.3 is 20.9 Å². The number of benzene rings is 1. The van der Waals surface area contributed by atoms with Gasteiger partial charge in [-0.3, -0.25) is 4.79 Å². The second kappa shape index (κ2) is 10.2. The van der Waals surface area contributed by atoms with Crippen LogP contribution in [-0.4, -0.2) is 61.9 Å². The first kappa shape index (κ1) is 22.4. The van der Waals surface area contributed by atoms with Crippen molar-refractivity contribution in [3.8, 4) is 11.5 Å². The Hall–Kier alpha value is -4.44. The van der Waals surface area contributed by atoms with Crippen LogP contribution in [0.25, 0.3) is 11.5 Å². The van der Waals surface area contributed by atoms with Gasteiger partial charge in [0.1, 0.15) is 17.3 Å². The molecule has 0 bridgehead atoms. The lowest BCUT2D eigenvalue weighted by Crippen LogP contribution is -2.46. The van der Waals surface area contributed by atoms with Crippen molar-refractivity contribution in [2.24, 2.45) is 0 Å². The van der Waals surface area contributed by atoms with Crippen molar-refractivity contribution in [3.63, 3.8) is 0 Å². The highest BCUT2D eigenvalue weighted by molar-refractivity contribution is 5.94. The van der Waals surface area contributed by atoms with E-state index < -0.39 is 0 Å². The normalized spacial score (nSPS) is 13.3. The van der Waals surface area contributed by atoms with Crippen LogP contribution >= 0.6 is 0 Å². The number of pyridine rings is 1. The molecule has 0 saturated carbocycles. The van der Waals surface area contributed by atoms with Crippen molar-refractivity contribution in [2.45, 2.75) is 6.92 Å². The summed E-state index contributed by atoms with van der Waals surface area (Å²) in [5, 5.41) is 9.63. The van der Waals surface area contributed by atoms with Gasteiger partial charge in [0.15, 0.2) is 5.82 Å². The summed E-state index contributed by atoms with van der Waals surface area (Å²) in [5.41, 5.74) is 3.06. The van der Waals surface area contributed by atoms with Gasteiger partial charge in [-0.2, -0.15) is 4.98 Å². The third kappa shape index (κ3) is 5.56. The minimum atomic E-state index is 0.0468. The Bertz CT molecular complexity index is 1320. The second-order valence-electron chi connectivity index (χ2n) is 8.06. The summed E-state index contributed by atoms with van der Waals surface area (Å²) in [6.45, 7) is 5.03. The van der Waals surface area contributed by atoms with E-state index in [0.29, 0.717) is 34.7 Å². The molecule has 1 aliphatic rings. The predicted octanol–water partition coefficient (Wildman–Crippen LogP) is 3.17. The number of carbonyl (C=O) groups excluding carboxylic acids is 1. The molecule has 1 aliphatic heterocycles. The van der Waals surface area contributed by atoms with Crippen LogP contribution in [0.2, 0.25) is 0 Å². The third-order valence-electron chi connectivity index (χ3n) is 5.48. The largest absolute Gasteiger partial charge is 0.336 e. The van der Waals surface area contributed by atoms with Crippen LogP contribution in [0.1, 0.15) is 16.1 Å². The zero-order chi connectivity index (χ0) is 24.0. The highest BCUT2D eigenvalue weighted by Gasteiger charge is 2.17. The van der Waals surface area contributed by atoms with Crippen LogP contribution in [0.15, 0.2) is 67.0 Å². The fraction of sp³-hybridized carbons (Fsp3) is 0.200. The lowest BCUT2D eigenvalue weighted by atomic mass is 10.1. The van der Waals surface area contributed by atoms with Gasteiger partial charge in [-0.25, -0.2) is 19.9 Å². The number of anilines is 4. The van der Waals surface area contributed by atoms with E-state index in [1.807, 2.05) is 54.3 Å². The van der Waals surface area contributed by atoms with Crippen LogP contribution in [0.3, 0.4) is 0 Å². The van der Waals surface area contributed by atoms with E-state index in [-0.39, 0.29) is 5.91 Å².